The number of alkyl halides is 3. The SMILES string of the molecule is CC(NCCCc1cccc(C(F)(F)F)c1)C1CCCc2ccccc21. The number of nitrogens with one attached hydrogen (secondary N) is 1. The highest BCUT2D eigenvalue weighted by molar-refractivity contribution is 5.33. The van der Waals surface area contributed by atoms with Gasteiger partial charge in [-0.1, -0.05) is 42.5 Å². The van der Waals surface area contributed by atoms with Crippen molar-refractivity contribution in [2.75, 3.05) is 6.54 Å². The van der Waals surface area contributed by atoms with Crippen molar-refractivity contribution >= 4 is 0 Å². The molecule has 0 radical (unpaired) electrons. The van der Waals surface area contributed by atoms with Crippen molar-refractivity contribution in [3.63, 3.8) is 0 Å². The van der Waals surface area contributed by atoms with E-state index in [1.54, 1.807) is 6.07 Å². The number of aryl methyl sites for hydroxylation is 2. The van der Waals surface area contributed by atoms with Crippen molar-refractivity contribution < 1.29 is 13.2 Å². The Morgan fingerprint density at radius 2 is 1.92 bits per heavy atom. The number of halogens is 3. The molecule has 0 aromatic heterocycles. The van der Waals surface area contributed by atoms with Gasteiger partial charge >= 0.3 is 6.18 Å². The second-order valence-electron chi connectivity index (χ2n) is 7.24. The minimum absolute atomic E-state index is 0.373. The summed E-state index contributed by atoms with van der Waals surface area (Å²) in [5.41, 5.74) is 3.10. The fourth-order valence-electron chi connectivity index (χ4n) is 3.98. The number of benzene rings is 2. The molecule has 0 amide bonds. The predicted octanol–water partition coefficient (Wildman–Crippen LogP) is 5.74. The lowest BCUT2D eigenvalue weighted by Gasteiger charge is -2.31. The molecule has 4 heteroatoms. The van der Waals surface area contributed by atoms with Gasteiger partial charge in [-0.2, -0.15) is 13.2 Å². The van der Waals surface area contributed by atoms with Gasteiger partial charge in [-0.05, 0) is 74.2 Å². The summed E-state index contributed by atoms with van der Waals surface area (Å²) < 4.78 is 38.3. The van der Waals surface area contributed by atoms with Gasteiger partial charge in [-0.15, -0.1) is 0 Å². The molecule has 1 N–H and O–H groups in total. The maximum absolute atomic E-state index is 12.8. The Hall–Kier alpha value is -1.81. The van der Waals surface area contributed by atoms with E-state index in [0.717, 1.165) is 31.0 Å². The minimum Gasteiger partial charge on any atom is -0.314 e. The van der Waals surface area contributed by atoms with E-state index in [9.17, 15) is 13.2 Å². The van der Waals surface area contributed by atoms with Crippen LogP contribution in [0.25, 0.3) is 0 Å². The highest BCUT2D eigenvalue weighted by Crippen LogP contribution is 2.34. The topological polar surface area (TPSA) is 12.0 Å². The molecule has 0 spiro atoms. The molecule has 0 saturated carbocycles. The van der Waals surface area contributed by atoms with E-state index in [2.05, 4.69) is 36.5 Å². The molecule has 0 saturated heterocycles. The largest absolute Gasteiger partial charge is 0.416 e. The molecule has 2 aromatic carbocycles. The van der Waals surface area contributed by atoms with Crippen LogP contribution in [0, 0.1) is 0 Å². The molecule has 2 unspecified atom stereocenters. The zero-order valence-corrected chi connectivity index (χ0v) is 15.2. The average Bonchev–Trinajstić information content (AvgIpc) is 2.64. The standard InChI is InChI=1S/C22H26F3N/c1-16(20-13-5-10-18-9-2-3-12-21(18)20)26-14-6-8-17-7-4-11-19(15-17)22(23,24)25/h2-4,7,9,11-12,15-16,20,26H,5-6,8,10,13-14H2,1H3. The van der Waals surface area contributed by atoms with Crippen molar-refractivity contribution in [2.45, 2.75) is 57.2 Å². The summed E-state index contributed by atoms with van der Waals surface area (Å²) in [6.45, 7) is 3.03. The van der Waals surface area contributed by atoms with Crippen LogP contribution in [0.1, 0.15) is 54.4 Å². The molecule has 3 rings (SSSR count). The van der Waals surface area contributed by atoms with E-state index in [-0.39, 0.29) is 0 Å². The fraction of sp³-hybridized carbons (Fsp3) is 0.455. The van der Waals surface area contributed by atoms with E-state index in [1.807, 2.05) is 0 Å². The molecule has 1 aliphatic rings. The molecule has 26 heavy (non-hydrogen) atoms. The monoisotopic (exact) mass is 361 g/mol. The van der Waals surface area contributed by atoms with Crippen LogP contribution in [0.5, 0.6) is 0 Å². The normalized spacial score (nSPS) is 18.4. The van der Waals surface area contributed by atoms with Gasteiger partial charge in [-0.25, -0.2) is 0 Å². The first kappa shape index (κ1) is 19.0. The van der Waals surface area contributed by atoms with E-state index in [4.69, 9.17) is 0 Å². The Morgan fingerprint density at radius 1 is 1.12 bits per heavy atom. The van der Waals surface area contributed by atoms with E-state index in [1.165, 1.54) is 36.1 Å². The van der Waals surface area contributed by atoms with E-state index < -0.39 is 11.7 Å². The number of fused-ring (bicyclic) bond motifs is 1. The first-order chi connectivity index (χ1) is 12.4. The molecule has 0 heterocycles. The molecule has 1 aliphatic carbocycles. The maximum atomic E-state index is 12.8. The number of rotatable bonds is 6. The van der Waals surface area contributed by atoms with Crippen LogP contribution in [-0.2, 0) is 19.0 Å². The summed E-state index contributed by atoms with van der Waals surface area (Å²) in [6.07, 6.45) is 0.799. The predicted molar refractivity (Wildman–Crippen MR) is 99.4 cm³/mol. The van der Waals surface area contributed by atoms with Crippen LogP contribution >= 0.6 is 0 Å². The Balaban J connectivity index is 1.50. The molecule has 140 valence electrons. The van der Waals surface area contributed by atoms with Crippen LogP contribution < -0.4 is 5.32 Å². The number of hydrogen-bond donors (Lipinski definition) is 1. The van der Waals surface area contributed by atoms with Crippen LogP contribution in [0.4, 0.5) is 13.2 Å². The van der Waals surface area contributed by atoms with Gasteiger partial charge < -0.3 is 5.32 Å². The van der Waals surface area contributed by atoms with Crippen LogP contribution in [0.3, 0.4) is 0 Å². The third-order valence-electron chi connectivity index (χ3n) is 5.38. The van der Waals surface area contributed by atoms with Crippen molar-refractivity contribution in [3.8, 4) is 0 Å². The van der Waals surface area contributed by atoms with Crippen molar-refractivity contribution in [1.82, 2.24) is 5.32 Å². The van der Waals surface area contributed by atoms with E-state index in [0.29, 0.717) is 18.4 Å². The third kappa shape index (κ3) is 4.67. The lowest BCUT2D eigenvalue weighted by Crippen LogP contribution is -2.34. The molecule has 2 aromatic rings. The summed E-state index contributed by atoms with van der Waals surface area (Å²) in [5, 5.41) is 3.59. The van der Waals surface area contributed by atoms with Gasteiger partial charge in [0.15, 0.2) is 0 Å². The highest BCUT2D eigenvalue weighted by Gasteiger charge is 2.30. The third-order valence-corrected chi connectivity index (χ3v) is 5.38. The summed E-state index contributed by atoms with van der Waals surface area (Å²) in [4.78, 5) is 0. The molecule has 2 atom stereocenters. The lowest BCUT2D eigenvalue weighted by atomic mass is 9.79. The van der Waals surface area contributed by atoms with Gasteiger partial charge in [0.2, 0.25) is 0 Å². The quantitative estimate of drug-likeness (QED) is 0.647. The summed E-state index contributed by atoms with van der Waals surface area (Å²) >= 11 is 0. The van der Waals surface area contributed by atoms with E-state index >= 15 is 0 Å². The summed E-state index contributed by atoms with van der Waals surface area (Å²) in [6, 6.07) is 14.7. The summed E-state index contributed by atoms with van der Waals surface area (Å²) in [7, 11) is 0. The van der Waals surface area contributed by atoms with Crippen LogP contribution in [0.2, 0.25) is 0 Å². The molecular formula is C22H26F3N. The maximum Gasteiger partial charge on any atom is 0.416 e. The Labute approximate surface area is 153 Å². The Morgan fingerprint density at radius 3 is 2.73 bits per heavy atom. The number of hydrogen-bond acceptors (Lipinski definition) is 1. The molecule has 0 aliphatic heterocycles. The smallest absolute Gasteiger partial charge is 0.314 e. The molecule has 1 nitrogen and oxygen atoms in total. The molecule has 0 fully saturated rings. The average molecular weight is 361 g/mol. The molecular weight excluding hydrogens is 335 g/mol. The molecule has 0 bridgehead atoms. The summed E-state index contributed by atoms with van der Waals surface area (Å²) in [5.74, 6) is 0.522. The minimum atomic E-state index is -4.27. The van der Waals surface area contributed by atoms with Gasteiger partial charge in [0, 0.05) is 6.04 Å². The lowest BCUT2D eigenvalue weighted by molar-refractivity contribution is -0.137. The Bertz CT molecular complexity index is 723. The van der Waals surface area contributed by atoms with Crippen molar-refractivity contribution in [2.24, 2.45) is 0 Å². The van der Waals surface area contributed by atoms with Gasteiger partial charge in [0.05, 0.1) is 5.56 Å². The Kier molecular flexibility index (Phi) is 6.02. The van der Waals surface area contributed by atoms with Gasteiger partial charge in [-0.3, -0.25) is 0 Å². The fourth-order valence-corrected chi connectivity index (χ4v) is 3.98. The second-order valence-corrected chi connectivity index (χ2v) is 7.24. The zero-order valence-electron chi connectivity index (χ0n) is 15.2. The van der Waals surface area contributed by atoms with Crippen molar-refractivity contribution in [3.05, 3.63) is 70.8 Å². The van der Waals surface area contributed by atoms with Crippen LogP contribution in [0.15, 0.2) is 48.5 Å². The van der Waals surface area contributed by atoms with Gasteiger partial charge in [0.25, 0.3) is 0 Å². The van der Waals surface area contributed by atoms with Crippen LogP contribution in [-0.4, -0.2) is 12.6 Å². The van der Waals surface area contributed by atoms with Crippen molar-refractivity contribution in [1.29, 1.82) is 0 Å². The van der Waals surface area contributed by atoms with Gasteiger partial charge in [0.1, 0.15) is 0 Å². The highest BCUT2D eigenvalue weighted by atomic mass is 19.4. The first-order valence-electron chi connectivity index (χ1n) is 9.42. The zero-order chi connectivity index (χ0) is 18.6. The first-order valence-corrected chi connectivity index (χ1v) is 9.42. The second kappa shape index (κ2) is 8.26.